The molecular formula is C24H24NO4S+. The van der Waals surface area contributed by atoms with Crippen LogP contribution in [0.3, 0.4) is 0 Å². The van der Waals surface area contributed by atoms with Gasteiger partial charge in [0.1, 0.15) is 33.8 Å². The first-order valence-corrected chi connectivity index (χ1v) is 10.7. The number of ether oxygens (including phenoxy) is 4. The maximum atomic E-state index is 5.80. The van der Waals surface area contributed by atoms with Gasteiger partial charge in [0.05, 0.1) is 40.6 Å². The van der Waals surface area contributed by atoms with Gasteiger partial charge in [0, 0.05) is 29.2 Å². The lowest BCUT2D eigenvalue weighted by Crippen LogP contribution is -2.33. The summed E-state index contributed by atoms with van der Waals surface area (Å²) in [5, 5.41) is 2.01. The summed E-state index contributed by atoms with van der Waals surface area (Å²) in [5.74, 6) is 2.95. The van der Waals surface area contributed by atoms with Crippen LogP contribution < -0.4 is 23.5 Å². The highest BCUT2D eigenvalue weighted by atomic mass is 32.2. The van der Waals surface area contributed by atoms with E-state index in [1.54, 1.807) is 40.2 Å². The summed E-state index contributed by atoms with van der Waals surface area (Å²) < 4.78 is 25.0. The molecule has 0 atom stereocenters. The molecule has 0 radical (unpaired) electrons. The molecule has 4 rings (SSSR count). The van der Waals surface area contributed by atoms with E-state index in [-0.39, 0.29) is 0 Å². The lowest BCUT2D eigenvalue weighted by molar-refractivity contribution is -0.538. The molecule has 0 aliphatic rings. The third-order valence-electron chi connectivity index (χ3n) is 5.18. The van der Waals surface area contributed by atoms with Gasteiger partial charge < -0.3 is 18.9 Å². The fourth-order valence-electron chi connectivity index (χ4n) is 3.83. The molecule has 154 valence electrons. The first-order valence-electron chi connectivity index (χ1n) is 9.45. The van der Waals surface area contributed by atoms with Gasteiger partial charge >= 0.3 is 0 Å². The summed E-state index contributed by atoms with van der Waals surface area (Å²) in [6.45, 7) is 0. The van der Waals surface area contributed by atoms with Crippen molar-refractivity contribution in [3.8, 4) is 28.7 Å². The molecule has 0 saturated carbocycles. The Morgan fingerprint density at radius 2 is 1.17 bits per heavy atom. The number of aromatic nitrogens is 1. The van der Waals surface area contributed by atoms with Crippen LogP contribution in [0.15, 0.2) is 59.5 Å². The van der Waals surface area contributed by atoms with E-state index in [0.717, 1.165) is 55.4 Å². The Kier molecular flexibility index (Phi) is 5.59. The van der Waals surface area contributed by atoms with Crippen molar-refractivity contribution in [2.75, 3.05) is 34.7 Å². The second kappa shape index (κ2) is 8.32. The van der Waals surface area contributed by atoms with Crippen molar-refractivity contribution in [2.24, 2.45) is 0 Å². The molecule has 0 unspecified atom stereocenters. The van der Waals surface area contributed by atoms with Crippen LogP contribution in [-0.2, 0) is 0 Å². The van der Waals surface area contributed by atoms with Crippen LogP contribution in [0.1, 0.15) is 0 Å². The molecule has 3 aromatic carbocycles. The lowest BCUT2D eigenvalue weighted by Gasteiger charge is -2.16. The Balaban J connectivity index is 2.35. The smallest absolute Gasteiger partial charge is 0.227 e. The van der Waals surface area contributed by atoms with Crippen LogP contribution in [0.5, 0.6) is 23.0 Å². The Bertz CT molecular complexity index is 1150. The highest BCUT2D eigenvalue weighted by Crippen LogP contribution is 2.44. The largest absolute Gasteiger partial charge is 0.496 e. The maximum Gasteiger partial charge on any atom is 0.227 e. The van der Waals surface area contributed by atoms with Crippen LogP contribution in [0, 0.1) is 0 Å². The quantitative estimate of drug-likeness (QED) is 0.248. The zero-order valence-electron chi connectivity index (χ0n) is 17.7. The number of para-hydroxylation sites is 1. The third-order valence-corrected chi connectivity index (χ3v) is 5.99. The third kappa shape index (κ3) is 3.17. The molecular weight excluding hydrogens is 398 g/mol. The molecule has 1 aromatic heterocycles. The topological polar surface area (TPSA) is 40.8 Å². The van der Waals surface area contributed by atoms with E-state index < -0.39 is 0 Å². The van der Waals surface area contributed by atoms with Gasteiger partial charge in [-0.3, -0.25) is 0 Å². The Hall–Kier alpha value is -3.12. The summed E-state index contributed by atoms with van der Waals surface area (Å²) >= 11 is 1.66. The van der Waals surface area contributed by atoms with E-state index in [0.29, 0.717) is 0 Å². The predicted molar refractivity (Wildman–Crippen MR) is 121 cm³/mol. The molecule has 0 fully saturated rings. The second-order valence-corrected chi connectivity index (χ2v) is 7.47. The highest BCUT2D eigenvalue weighted by molar-refractivity contribution is 7.99. The molecule has 0 amide bonds. The normalized spacial score (nSPS) is 11.0. The average Bonchev–Trinajstić information content (AvgIpc) is 2.81. The van der Waals surface area contributed by atoms with E-state index in [1.807, 2.05) is 42.5 Å². The van der Waals surface area contributed by atoms with E-state index >= 15 is 0 Å². The SMILES string of the molecule is COc1cc(OC)c2c(SC)c3c(OC)cc(OC)cc3[n+](-c3ccccc3)c2c1. The summed E-state index contributed by atoms with van der Waals surface area (Å²) in [7, 11) is 6.69. The lowest BCUT2D eigenvalue weighted by atomic mass is 10.1. The maximum absolute atomic E-state index is 5.80. The van der Waals surface area contributed by atoms with Crippen molar-refractivity contribution in [1.82, 2.24) is 0 Å². The van der Waals surface area contributed by atoms with Gasteiger partial charge in [0.2, 0.25) is 16.7 Å². The number of nitrogens with zero attached hydrogens (tertiary/aromatic N) is 1. The van der Waals surface area contributed by atoms with Gasteiger partial charge in [-0.2, -0.15) is 4.57 Å². The number of methoxy groups -OCH3 is 4. The van der Waals surface area contributed by atoms with Crippen molar-refractivity contribution in [3.05, 3.63) is 54.6 Å². The number of hydrogen-bond donors (Lipinski definition) is 0. The first kappa shape index (κ1) is 20.2. The zero-order chi connectivity index (χ0) is 21.3. The van der Waals surface area contributed by atoms with Gasteiger partial charge in [-0.25, -0.2) is 0 Å². The van der Waals surface area contributed by atoms with E-state index in [9.17, 15) is 0 Å². The molecule has 30 heavy (non-hydrogen) atoms. The molecule has 0 aliphatic carbocycles. The van der Waals surface area contributed by atoms with Crippen molar-refractivity contribution in [2.45, 2.75) is 4.90 Å². The summed E-state index contributed by atoms with van der Waals surface area (Å²) in [4.78, 5) is 1.08. The van der Waals surface area contributed by atoms with Crippen LogP contribution in [0.4, 0.5) is 0 Å². The van der Waals surface area contributed by atoms with Crippen molar-refractivity contribution in [1.29, 1.82) is 0 Å². The number of hydrogen-bond acceptors (Lipinski definition) is 5. The summed E-state index contributed by atoms with van der Waals surface area (Å²) in [6.07, 6.45) is 2.06. The standard InChI is InChI=1S/C24H24NO4S/c1-26-16-11-18-22(20(13-16)28-3)24(30-5)23-19(12-17(27-2)14-21(23)29-4)25(18)15-9-7-6-8-10-15/h6-14H,1-5H3/q+1. The minimum absolute atomic E-state index is 0.727. The van der Waals surface area contributed by atoms with Gasteiger partial charge in [-0.1, -0.05) is 18.2 Å². The molecule has 0 spiro atoms. The highest BCUT2D eigenvalue weighted by Gasteiger charge is 2.28. The minimum Gasteiger partial charge on any atom is -0.496 e. The number of benzene rings is 3. The van der Waals surface area contributed by atoms with Crippen molar-refractivity contribution >= 4 is 33.6 Å². The molecule has 5 nitrogen and oxygen atoms in total. The second-order valence-electron chi connectivity index (χ2n) is 6.65. The van der Waals surface area contributed by atoms with E-state index in [4.69, 9.17) is 18.9 Å². The monoisotopic (exact) mass is 422 g/mol. The zero-order valence-corrected chi connectivity index (χ0v) is 18.5. The van der Waals surface area contributed by atoms with Gasteiger partial charge in [-0.05, 0) is 6.26 Å². The van der Waals surface area contributed by atoms with Crippen LogP contribution in [0.25, 0.3) is 27.5 Å². The fraction of sp³-hybridized carbons (Fsp3) is 0.208. The van der Waals surface area contributed by atoms with E-state index in [1.165, 1.54) is 0 Å². The van der Waals surface area contributed by atoms with E-state index in [2.05, 4.69) is 23.0 Å². The molecule has 6 heteroatoms. The van der Waals surface area contributed by atoms with Gasteiger partial charge in [-0.15, -0.1) is 11.8 Å². The van der Waals surface area contributed by atoms with Gasteiger partial charge in [0.25, 0.3) is 0 Å². The van der Waals surface area contributed by atoms with Crippen LogP contribution in [-0.4, -0.2) is 34.7 Å². The van der Waals surface area contributed by atoms with Crippen LogP contribution >= 0.6 is 11.8 Å². The predicted octanol–water partition coefficient (Wildman–Crippen LogP) is 5.03. The number of rotatable bonds is 6. The Morgan fingerprint density at radius 3 is 1.57 bits per heavy atom. The first-order chi connectivity index (χ1) is 14.7. The molecule has 1 heterocycles. The number of pyridine rings is 1. The van der Waals surface area contributed by atoms with Crippen molar-refractivity contribution < 1.29 is 23.5 Å². The molecule has 0 saturated heterocycles. The summed E-state index contributed by atoms with van der Waals surface area (Å²) in [6, 6.07) is 18.1. The number of fused-ring (bicyclic) bond motifs is 2. The number of thioether (sulfide) groups is 1. The molecule has 0 aliphatic heterocycles. The van der Waals surface area contributed by atoms with Crippen molar-refractivity contribution in [3.63, 3.8) is 0 Å². The molecule has 0 N–H and O–H groups in total. The Labute approximate surface area is 180 Å². The fourth-order valence-corrected chi connectivity index (χ4v) is 4.65. The van der Waals surface area contributed by atoms with Gasteiger partial charge in [0.15, 0.2) is 0 Å². The minimum atomic E-state index is 0.727. The Morgan fingerprint density at radius 1 is 0.667 bits per heavy atom. The molecule has 4 aromatic rings. The summed E-state index contributed by atoms with van der Waals surface area (Å²) in [5.41, 5.74) is 2.97. The molecule has 0 bridgehead atoms. The average molecular weight is 423 g/mol. The van der Waals surface area contributed by atoms with Crippen LogP contribution in [0.2, 0.25) is 0 Å².